The van der Waals surface area contributed by atoms with E-state index in [4.69, 9.17) is 0 Å². The molecule has 0 bridgehead atoms. The van der Waals surface area contributed by atoms with Gasteiger partial charge in [0.1, 0.15) is 0 Å². The molecule has 1 heterocycles. The van der Waals surface area contributed by atoms with Crippen LogP contribution >= 0.6 is 0 Å². The van der Waals surface area contributed by atoms with E-state index >= 15 is 0 Å². The summed E-state index contributed by atoms with van der Waals surface area (Å²) in [5.74, 6) is -0.270. The van der Waals surface area contributed by atoms with Crippen LogP contribution in [0.25, 0.3) is 0 Å². The Morgan fingerprint density at radius 3 is 3.10 bits per heavy atom. The van der Waals surface area contributed by atoms with E-state index in [1.165, 1.54) is 0 Å². The highest BCUT2D eigenvalue weighted by molar-refractivity contribution is 5.92. The maximum Gasteiger partial charge on any atom is 0.343 e. The minimum atomic E-state index is -0.201. The second kappa shape index (κ2) is 3.34. The molecule has 10 heavy (non-hydrogen) atoms. The smallest absolute Gasteiger partial charge is 0.318 e. The molecule has 1 aliphatic heterocycles. The third kappa shape index (κ3) is 1.56. The van der Waals surface area contributed by atoms with Crippen molar-refractivity contribution < 1.29 is 9.63 Å². The topological polar surface area (TPSA) is 38.7 Å². The van der Waals surface area contributed by atoms with Crippen molar-refractivity contribution >= 4 is 12.2 Å². The van der Waals surface area contributed by atoms with Crippen LogP contribution in [-0.4, -0.2) is 12.2 Å². The number of hydrogen-bond donors (Lipinski definition) is 0. The minimum absolute atomic E-state index is 0.0695. The highest BCUT2D eigenvalue weighted by Crippen LogP contribution is 2.12. The van der Waals surface area contributed by atoms with Crippen molar-refractivity contribution in [1.82, 2.24) is 0 Å². The van der Waals surface area contributed by atoms with Gasteiger partial charge >= 0.3 is 5.97 Å². The van der Waals surface area contributed by atoms with E-state index in [1.54, 1.807) is 6.21 Å². The standard InChI is InChI=1S/C7H11NO2/c1-2-3-4-6-5-8-10-7(6)9/h5-6H,2-4H2,1H3. The van der Waals surface area contributed by atoms with Crippen molar-refractivity contribution in [2.24, 2.45) is 11.1 Å². The largest absolute Gasteiger partial charge is 0.343 e. The molecule has 1 atom stereocenters. The van der Waals surface area contributed by atoms with Gasteiger partial charge in [-0.2, -0.15) is 0 Å². The van der Waals surface area contributed by atoms with Crippen molar-refractivity contribution in [2.75, 3.05) is 0 Å². The van der Waals surface area contributed by atoms with Crippen LogP contribution in [0, 0.1) is 5.92 Å². The maximum absolute atomic E-state index is 10.7. The number of rotatable bonds is 3. The first-order chi connectivity index (χ1) is 4.84. The molecule has 0 saturated heterocycles. The summed E-state index contributed by atoms with van der Waals surface area (Å²) in [6.45, 7) is 2.09. The summed E-state index contributed by atoms with van der Waals surface area (Å²) in [7, 11) is 0. The van der Waals surface area contributed by atoms with Gasteiger partial charge in [0.2, 0.25) is 0 Å². The van der Waals surface area contributed by atoms with Gasteiger partial charge in [-0.3, -0.25) is 0 Å². The van der Waals surface area contributed by atoms with E-state index in [0.29, 0.717) is 0 Å². The molecule has 1 aliphatic rings. The molecular formula is C7H11NO2. The molecular weight excluding hydrogens is 130 g/mol. The highest BCUT2D eigenvalue weighted by atomic mass is 16.7. The average molecular weight is 141 g/mol. The molecule has 0 spiro atoms. The lowest BCUT2D eigenvalue weighted by Gasteiger charge is -1.98. The van der Waals surface area contributed by atoms with Crippen LogP contribution in [0.15, 0.2) is 5.16 Å². The number of nitrogens with zero attached hydrogens (tertiary/aromatic N) is 1. The molecule has 0 fully saturated rings. The highest BCUT2D eigenvalue weighted by Gasteiger charge is 2.22. The number of carbonyl (C=O) groups is 1. The molecule has 3 nitrogen and oxygen atoms in total. The zero-order valence-corrected chi connectivity index (χ0v) is 6.04. The fraction of sp³-hybridized carbons (Fsp3) is 0.714. The summed E-state index contributed by atoms with van der Waals surface area (Å²) >= 11 is 0. The molecule has 0 amide bonds. The molecule has 3 heteroatoms. The Kier molecular flexibility index (Phi) is 2.42. The second-order valence-corrected chi connectivity index (χ2v) is 2.41. The number of unbranched alkanes of at least 4 members (excludes halogenated alkanes) is 1. The summed E-state index contributed by atoms with van der Waals surface area (Å²) in [4.78, 5) is 15.1. The quantitative estimate of drug-likeness (QED) is 0.556. The Morgan fingerprint density at radius 2 is 2.60 bits per heavy atom. The van der Waals surface area contributed by atoms with Gasteiger partial charge in [0.15, 0.2) is 0 Å². The van der Waals surface area contributed by atoms with Gasteiger partial charge in [-0.25, -0.2) is 4.79 Å². The fourth-order valence-corrected chi connectivity index (χ4v) is 0.901. The number of carbonyl (C=O) groups excluding carboxylic acids is 1. The van der Waals surface area contributed by atoms with Crippen molar-refractivity contribution in [3.63, 3.8) is 0 Å². The van der Waals surface area contributed by atoms with E-state index in [1.807, 2.05) is 0 Å². The average Bonchev–Trinajstić information content (AvgIpc) is 2.31. The Balaban J connectivity index is 2.27. The van der Waals surface area contributed by atoms with Crippen LogP contribution in [0.5, 0.6) is 0 Å². The zero-order chi connectivity index (χ0) is 7.40. The van der Waals surface area contributed by atoms with Crippen molar-refractivity contribution in [2.45, 2.75) is 26.2 Å². The lowest BCUT2D eigenvalue weighted by Crippen LogP contribution is -2.10. The predicted molar refractivity (Wildman–Crippen MR) is 37.6 cm³/mol. The van der Waals surface area contributed by atoms with Gasteiger partial charge in [-0.1, -0.05) is 24.9 Å². The van der Waals surface area contributed by atoms with E-state index in [2.05, 4.69) is 16.9 Å². The molecule has 0 saturated carbocycles. The lowest BCUT2D eigenvalue weighted by atomic mass is 10.0. The zero-order valence-electron chi connectivity index (χ0n) is 6.04. The van der Waals surface area contributed by atoms with Crippen LogP contribution in [0.3, 0.4) is 0 Å². The van der Waals surface area contributed by atoms with Gasteiger partial charge in [0.25, 0.3) is 0 Å². The Labute approximate surface area is 60.0 Å². The molecule has 0 aromatic heterocycles. The molecule has 56 valence electrons. The first kappa shape index (κ1) is 7.25. The molecule has 0 radical (unpaired) electrons. The van der Waals surface area contributed by atoms with E-state index in [-0.39, 0.29) is 11.9 Å². The van der Waals surface area contributed by atoms with Crippen molar-refractivity contribution in [1.29, 1.82) is 0 Å². The summed E-state index contributed by atoms with van der Waals surface area (Å²) in [6.07, 6.45) is 4.63. The number of hydrogen-bond acceptors (Lipinski definition) is 3. The van der Waals surface area contributed by atoms with Crippen LogP contribution in [0.2, 0.25) is 0 Å². The Bertz CT molecular complexity index is 154. The fourth-order valence-electron chi connectivity index (χ4n) is 0.901. The SMILES string of the molecule is CCCCC1C=NOC1=O. The van der Waals surface area contributed by atoms with Gasteiger partial charge in [-0.05, 0) is 6.42 Å². The Hall–Kier alpha value is -0.860. The van der Waals surface area contributed by atoms with Crippen LogP contribution in [-0.2, 0) is 9.63 Å². The minimum Gasteiger partial charge on any atom is -0.318 e. The van der Waals surface area contributed by atoms with Gasteiger partial charge in [-0.15, -0.1) is 0 Å². The molecule has 0 aromatic carbocycles. The van der Waals surface area contributed by atoms with Crippen LogP contribution in [0.1, 0.15) is 26.2 Å². The van der Waals surface area contributed by atoms with Gasteiger partial charge < -0.3 is 4.84 Å². The summed E-state index contributed by atoms with van der Waals surface area (Å²) in [5, 5.41) is 3.42. The normalized spacial score (nSPS) is 23.3. The lowest BCUT2D eigenvalue weighted by molar-refractivity contribution is -0.143. The monoisotopic (exact) mass is 141 g/mol. The van der Waals surface area contributed by atoms with Crippen LogP contribution < -0.4 is 0 Å². The van der Waals surface area contributed by atoms with E-state index < -0.39 is 0 Å². The van der Waals surface area contributed by atoms with Gasteiger partial charge in [0.05, 0.1) is 12.1 Å². The third-order valence-electron chi connectivity index (χ3n) is 1.55. The summed E-state index contributed by atoms with van der Waals surface area (Å²) < 4.78 is 0. The predicted octanol–water partition coefficient (Wildman–Crippen LogP) is 1.34. The van der Waals surface area contributed by atoms with E-state index in [9.17, 15) is 4.79 Å². The van der Waals surface area contributed by atoms with Crippen molar-refractivity contribution in [3.8, 4) is 0 Å². The third-order valence-corrected chi connectivity index (χ3v) is 1.55. The van der Waals surface area contributed by atoms with Gasteiger partial charge in [0, 0.05) is 0 Å². The first-order valence-corrected chi connectivity index (χ1v) is 3.59. The molecule has 0 aliphatic carbocycles. The molecule has 1 rings (SSSR count). The molecule has 0 N–H and O–H groups in total. The molecule has 0 aromatic rings. The van der Waals surface area contributed by atoms with Crippen molar-refractivity contribution in [3.05, 3.63) is 0 Å². The maximum atomic E-state index is 10.7. The second-order valence-electron chi connectivity index (χ2n) is 2.41. The van der Waals surface area contributed by atoms with Crippen LogP contribution in [0.4, 0.5) is 0 Å². The first-order valence-electron chi connectivity index (χ1n) is 3.59. The van der Waals surface area contributed by atoms with E-state index in [0.717, 1.165) is 19.3 Å². The number of oxime groups is 1. The molecule has 1 unspecified atom stereocenters. The Morgan fingerprint density at radius 1 is 1.80 bits per heavy atom. The summed E-state index contributed by atoms with van der Waals surface area (Å²) in [6, 6.07) is 0. The summed E-state index contributed by atoms with van der Waals surface area (Å²) in [5.41, 5.74) is 0.